The molecule has 3 aromatic carbocycles. The molecular weight excluding hydrogens is 430 g/mol. The Bertz CT molecular complexity index is 1240. The second-order valence-corrected chi connectivity index (χ2v) is 9.24. The fourth-order valence-electron chi connectivity index (χ4n) is 2.77. The van der Waals surface area contributed by atoms with Crippen LogP contribution in [0.4, 0.5) is 0 Å². The molecule has 2 N–H and O–H groups in total. The van der Waals surface area contributed by atoms with Crippen LogP contribution in [0.25, 0.3) is 22.3 Å². The third-order valence-electron chi connectivity index (χ3n) is 3.96. The van der Waals surface area contributed by atoms with Crippen molar-refractivity contribution in [2.75, 3.05) is 0 Å². The summed E-state index contributed by atoms with van der Waals surface area (Å²) in [5.41, 5.74) is 2.35. The predicted molar refractivity (Wildman–Crippen MR) is 113 cm³/mol. The van der Waals surface area contributed by atoms with Crippen molar-refractivity contribution in [3.05, 3.63) is 66.7 Å². The Morgan fingerprint density at radius 2 is 1.14 bits per heavy atom. The average Bonchev–Trinajstić information content (AvgIpc) is 2.60. The fraction of sp³-hybridized carbons (Fsp3) is 0. The molecule has 0 amide bonds. The first-order valence-electron chi connectivity index (χ1n) is 7.62. The van der Waals surface area contributed by atoms with E-state index in [2.05, 4.69) is 9.24 Å². The zero-order valence-electron chi connectivity index (χ0n) is 13.8. The van der Waals surface area contributed by atoms with E-state index in [0.29, 0.717) is 22.3 Å². The first kappa shape index (κ1) is 23.2. The van der Waals surface area contributed by atoms with E-state index in [0.717, 1.165) is 5.30 Å². The van der Waals surface area contributed by atoms with Crippen molar-refractivity contribution in [2.45, 2.75) is 9.79 Å². The zero-order chi connectivity index (χ0) is 19.8. The number of rotatable bonds is 4. The van der Waals surface area contributed by atoms with Gasteiger partial charge in [0.15, 0.2) is 0 Å². The Balaban J connectivity index is 0.00000280. The van der Waals surface area contributed by atoms with Gasteiger partial charge < -0.3 is 0 Å². The Morgan fingerprint density at radius 3 is 1.68 bits per heavy atom. The van der Waals surface area contributed by atoms with Gasteiger partial charge in [0.2, 0.25) is 0 Å². The Hall–Kier alpha value is -1.09. The molecule has 0 aliphatic carbocycles. The molecular formula is C18H16NaO6PS2. The van der Waals surface area contributed by atoms with Crippen LogP contribution in [0.5, 0.6) is 0 Å². The summed E-state index contributed by atoms with van der Waals surface area (Å²) in [6.07, 6.45) is 0. The summed E-state index contributed by atoms with van der Waals surface area (Å²) in [6.45, 7) is 0. The van der Waals surface area contributed by atoms with Gasteiger partial charge >= 0.3 is 29.6 Å². The standard InChI is InChI=1S/C18H15O6PS2.Na.H/c19-26(20,21)14-6-1-4-12(10-14)16-8-3-9-17(25)18(16)13-5-2-7-15(11-13)27(22,23)24;;/h1-11H,25H2,(H,19,20,21)(H,22,23,24);;. The van der Waals surface area contributed by atoms with Crippen molar-refractivity contribution in [3.8, 4) is 22.3 Å². The summed E-state index contributed by atoms with van der Waals surface area (Å²) in [6, 6.07) is 17.0. The molecule has 0 aliphatic rings. The molecule has 6 nitrogen and oxygen atoms in total. The van der Waals surface area contributed by atoms with Crippen molar-refractivity contribution >= 4 is 64.3 Å². The summed E-state index contributed by atoms with van der Waals surface area (Å²) < 4.78 is 64.5. The van der Waals surface area contributed by atoms with E-state index < -0.39 is 20.2 Å². The molecule has 1 atom stereocenters. The van der Waals surface area contributed by atoms with Gasteiger partial charge in [-0.15, -0.1) is 9.24 Å². The molecule has 0 spiro atoms. The molecule has 1 unspecified atom stereocenters. The minimum absolute atomic E-state index is 0. The second-order valence-electron chi connectivity index (χ2n) is 5.78. The summed E-state index contributed by atoms with van der Waals surface area (Å²) in [4.78, 5) is -0.488. The summed E-state index contributed by atoms with van der Waals surface area (Å²) in [5.74, 6) is 0. The van der Waals surface area contributed by atoms with Crippen LogP contribution < -0.4 is 5.30 Å². The van der Waals surface area contributed by atoms with Crippen molar-refractivity contribution in [2.24, 2.45) is 0 Å². The monoisotopic (exact) mass is 446 g/mol. The van der Waals surface area contributed by atoms with Crippen molar-refractivity contribution < 1.29 is 25.9 Å². The van der Waals surface area contributed by atoms with Crippen LogP contribution in [0.1, 0.15) is 0 Å². The molecule has 0 heterocycles. The molecule has 28 heavy (non-hydrogen) atoms. The van der Waals surface area contributed by atoms with Crippen LogP contribution in [0.15, 0.2) is 76.5 Å². The first-order valence-corrected chi connectivity index (χ1v) is 11.1. The van der Waals surface area contributed by atoms with Crippen molar-refractivity contribution in [1.82, 2.24) is 0 Å². The predicted octanol–water partition coefficient (Wildman–Crippen LogP) is 2.37. The quantitative estimate of drug-likeness (QED) is 0.362. The molecule has 0 saturated heterocycles. The molecule has 3 rings (SSSR count). The van der Waals surface area contributed by atoms with Crippen LogP contribution in [0.3, 0.4) is 0 Å². The molecule has 0 aromatic heterocycles. The van der Waals surface area contributed by atoms with Crippen LogP contribution in [0.2, 0.25) is 0 Å². The van der Waals surface area contributed by atoms with Gasteiger partial charge in [-0.1, -0.05) is 42.5 Å². The van der Waals surface area contributed by atoms with Gasteiger partial charge in [-0.3, -0.25) is 9.11 Å². The SMILES string of the molecule is O=S(=O)(O)c1cccc(-c2cccc(P)c2-c2cccc(S(=O)(=O)O)c2)c1.[NaH]. The average molecular weight is 446 g/mol. The molecule has 0 aliphatic heterocycles. The van der Waals surface area contributed by atoms with Gasteiger partial charge in [0.25, 0.3) is 20.2 Å². The van der Waals surface area contributed by atoms with E-state index in [9.17, 15) is 25.9 Å². The molecule has 0 radical (unpaired) electrons. The van der Waals surface area contributed by atoms with Gasteiger partial charge in [0, 0.05) is 0 Å². The molecule has 3 aromatic rings. The number of benzene rings is 3. The van der Waals surface area contributed by atoms with Crippen molar-refractivity contribution in [1.29, 1.82) is 0 Å². The van der Waals surface area contributed by atoms with E-state index >= 15 is 0 Å². The molecule has 0 bridgehead atoms. The molecule has 0 fully saturated rings. The zero-order valence-corrected chi connectivity index (χ0v) is 16.6. The maximum atomic E-state index is 11.5. The fourth-order valence-corrected chi connectivity index (χ4v) is 4.26. The van der Waals surface area contributed by atoms with Crippen LogP contribution in [-0.4, -0.2) is 55.5 Å². The van der Waals surface area contributed by atoms with Gasteiger partial charge in [-0.25, -0.2) is 0 Å². The summed E-state index contributed by atoms with van der Waals surface area (Å²) >= 11 is 0. The van der Waals surface area contributed by atoms with E-state index in [1.54, 1.807) is 30.3 Å². The van der Waals surface area contributed by atoms with Crippen LogP contribution in [-0.2, 0) is 20.2 Å². The Kier molecular flexibility index (Phi) is 7.23. The molecule has 0 saturated carbocycles. The van der Waals surface area contributed by atoms with Gasteiger partial charge in [0.1, 0.15) is 0 Å². The van der Waals surface area contributed by atoms with E-state index in [1.807, 2.05) is 0 Å². The Morgan fingerprint density at radius 1 is 0.679 bits per heavy atom. The van der Waals surface area contributed by atoms with Crippen molar-refractivity contribution in [3.63, 3.8) is 0 Å². The third-order valence-corrected chi connectivity index (χ3v) is 6.14. The number of hydrogen-bond donors (Lipinski definition) is 2. The van der Waals surface area contributed by atoms with E-state index in [4.69, 9.17) is 0 Å². The first-order chi connectivity index (χ1) is 12.6. The van der Waals surface area contributed by atoms with Gasteiger partial charge in [-0.05, 0) is 51.8 Å². The topological polar surface area (TPSA) is 109 Å². The van der Waals surface area contributed by atoms with Gasteiger partial charge in [-0.2, -0.15) is 16.8 Å². The normalized spacial score (nSPS) is 11.7. The van der Waals surface area contributed by atoms with Crippen LogP contribution >= 0.6 is 9.24 Å². The van der Waals surface area contributed by atoms with E-state index in [1.165, 1.54) is 36.4 Å². The summed E-state index contributed by atoms with van der Waals surface area (Å²) in [7, 11) is -6.19. The number of hydrogen-bond acceptors (Lipinski definition) is 4. The molecule has 142 valence electrons. The van der Waals surface area contributed by atoms with Crippen LogP contribution in [0, 0.1) is 0 Å². The van der Waals surface area contributed by atoms with Gasteiger partial charge in [0.05, 0.1) is 9.79 Å². The third kappa shape index (κ3) is 5.09. The summed E-state index contributed by atoms with van der Waals surface area (Å²) in [5, 5.41) is 0.747. The Labute approximate surface area is 188 Å². The maximum absolute atomic E-state index is 11.5. The molecule has 10 heteroatoms. The van der Waals surface area contributed by atoms with E-state index in [-0.39, 0.29) is 39.3 Å². The second kappa shape index (κ2) is 8.73. The minimum atomic E-state index is -4.37.